The van der Waals surface area contributed by atoms with E-state index in [0.717, 1.165) is 10.9 Å². The predicted molar refractivity (Wildman–Crippen MR) is 90.4 cm³/mol. The number of hydrogen-bond donors (Lipinski definition) is 1. The van der Waals surface area contributed by atoms with Crippen LogP contribution < -0.4 is 0 Å². The van der Waals surface area contributed by atoms with E-state index < -0.39 is 9.84 Å². The number of aromatic nitrogens is 1. The third kappa shape index (κ3) is 3.92. The molecule has 23 heavy (non-hydrogen) atoms. The van der Waals surface area contributed by atoms with Crippen molar-refractivity contribution in [3.05, 3.63) is 36.0 Å². The molecule has 0 saturated carbocycles. The molecule has 2 heterocycles. The highest BCUT2D eigenvalue weighted by Gasteiger charge is 2.22. The number of amides is 1. The quantitative estimate of drug-likeness (QED) is 0.904. The van der Waals surface area contributed by atoms with Gasteiger partial charge in [-0.3, -0.25) is 9.69 Å². The molecule has 1 aliphatic heterocycles. The third-order valence-corrected chi connectivity index (χ3v) is 5.16. The number of sulfone groups is 1. The summed E-state index contributed by atoms with van der Waals surface area (Å²) >= 11 is 0. The summed E-state index contributed by atoms with van der Waals surface area (Å²) in [5.41, 5.74) is 1.65. The summed E-state index contributed by atoms with van der Waals surface area (Å²) in [5, 5.41) is 1.09. The van der Waals surface area contributed by atoms with E-state index in [0.29, 0.717) is 38.3 Å². The molecule has 0 aliphatic carbocycles. The maximum Gasteiger partial charge on any atom is 0.254 e. The molecule has 0 radical (unpaired) electrons. The zero-order valence-electron chi connectivity index (χ0n) is 13.2. The highest BCUT2D eigenvalue weighted by atomic mass is 32.2. The average molecular weight is 335 g/mol. The Morgan fingerprint density at radius 3 is 2.61 bits per heavy atom. The second-order valence-corrected chi connectivity index (χ2v) is 8.30. The zero-order chi connectivity index (χ0) is 16.4. The van der Waals surface area contributed by atoms with E-state index in [9.17, 15) is 13.2 Å². The Balaban J connectivity index is 1.59. The van der Waals surface area contributed by atoms with Crippen LogP contribution in [0.15, 0.2) is 30.5 Å². The molecule has 1 saturated heterocycles. The number of carbonyl (C=O) groups is 1. The standard InChI is InChI=1S/C16H21N3O3S/c1-23(21,22)11-10-18-6-8-19(9-7-18)16(20)14-3-2-13-4-5-17-15(13)12-14/h2-5,12,17H,6-11H2,1H3. The molecule has 2 aromatic rings. The van der Waals surface area contributed by atoms with E-state index in [2.05, 4.69) is 9.88 Å². The molecule has 0 unspecified atom stereocenters. The van der Waals surface area contributed by atoms with Crippen LogP contribution >= 0.6 is 0 Å². The first-order valence-corrected chi connectivity index (χ1v) is 9.75. The minimum absolute atomic E-state index is 0.0317. The fraction of sp³-hybridized carbons (Fsp3) is 0.438. The summed E-state index contributed by atoms with van der Waals surface area (Å²) < 4.78 is 22.4. The van der Waals surface area contributed by atoms with Crippen LogP contribution in [0.4, 0.5) is 0 Å². The Hall–Kier alpha value is -1.86. The van der Waals surface area contributed by atoms with Crippen molar-refractivity contribution in [3.63, 3.8) is 0 Å². The largest absolute Gasteiger partial charge is 0.361 e. The predicted octanol–water partition coefficient (Wildman–Crippen LogP) is 0.970. The normalized spacial score (nSPS) is 16.8. The Kier molecular flexibility index (Phi) is 4.41. The van der Waals surface area contributed by atoms with Crippen molar-refractivity contribution >= 4 is 26.6 Å². The molecular formula is C16H21N3O3S. The lowest BCUT2D eigenvalue weighted by Gasteiger charge is -2.34. The number of nitrogens with one attached hydrogen (secondary N) is 1. The smallest absolute Gasteiger partial charge is 0.254 e. The summed E-state index contributed by atoms with van der Waals surface area (Å²) in [7, 11) is -2.94. The molecule has 0 spiro atoms. The average Bonchev–Trinajstić information content (AvgIpc) is 2.99. The second-order valence-electron chi connectivity index (χ2n) is 6.04. The van der Waals surface area contributed by atoms with Gasteiger partial charge in [-0.1, -0.05) is 6.07 Å². The van der Waals surface area contributed by atoms with Crippen molar-refractivity contribution in [2.45, 2.75) is 0 Å². The van der Waals surface area contributed by atoms with E-state index in [4.69, 9.17) is 0 Å². The summed E-state index contributed by atoms with van der Waals surface area (Å²) in [5.74, 6) is 0.203. The summed E-state index contributed by atoms with van der Waals surface area (Å²) in [4.78, 5) is 19.6. The zero-order valence-corrected chi connectivity index (χ0v) is 14.0. The van der Waals surface area contributed by atoms with Gasteiger partial charge >= 0.3 is 0 Å². The summed E-state index contributed by atoms with van der Waals surface area (Å²) in [6.45, 7) is 3.23. The van der Waals surface area contributed by atoms with Gasteiger partial charge in [-0.15, -0.1) is 0 Å². The highest BCUT2D eigenvalue weighted by molar-refractivity contribution is 7.90. The van der Waals surface area contributed by atoms with Gasteiger partial charge in [0.05, 0.1) is 5.75 Å². The van der Waals surface area contributed by atoms with Crippen LogP contribution in [0.2, 0.25) is 0 Å². The number of nitrogens with zero attached hydrogens (tertiary/aromatic N) is 2. The number of H-pyrrole nitrogens is 1. The molecule has 124 valence electrons. The maximum atomic E-state index is 12.6. The number of piperazine rings is 1. The maximum absolute atomic E-state index is 12.6. The topological polar surface area (TPSA) is 73.5 Å². The number of carbonyl (C=O) groups excluding carboxylic acids is 1. The van der Waals surface area contributed by atoms with Crippen LogP contribution in [0.25, 0.3) is 10.9 Å². The van der Waals surface area contributed by atoms with Crippen LogP contribution in [0.1, 0.15) is 10.4 Å². The summed E-state index contributed by atoms with van der Waals surface area (Å²) in [6, 6.07) is 7.66. The van der Waals surface area contributed by atoms with Crippen LogP contribution in [-0.4, -0.2) is 73.8 Å². The molecule has 3 rings (SSSR count). The lowest BCUT2D eigenvalue weighted by atomic mass is 10.1. The minimum Gasteiger partial charge on any atom is -0.361 e. The third-order valence-electron chi connectivity index (χ3n) is 4.24. The summed E-state index contributed by atoms with van der Waals surface area (Å²) in [6.07, 6.45) is 3.11. The van der Waals surface area contributed by atoms with E-state index in [1.54, 1.807) is 0 Å². The van der Waals surface area contributed by atoms with Gasteiger partial charge in [0.1, 0.15) is 9.84 Å². The molecular weight excluding hydrogens is 314 g/mol. The van der Waals surface area contributed by atoms with Gasteiger partial charge < -0.3 is 9.88 Å². The van der Waals surface area contributed by atoms with Crippen LogP contribution in [0.3, 0.4) is 0 Å². The lowest BCUT2D eigenvalue weighted by Crippen LogP contribution is -2.49. The number of aromatic amines is 1. The second kappa shape index (κ2) is 6.33. The van der Waals surface area contributed by atoms with Gasteiger partial charge in [0.15, 0.2) is 0 Å². The van der Waals surface area contributed by atoms with Crippen molar-refractivity contribution in [1.29, 1.82) is 0 Å². The minimum atomic E-state index is -2.94. The monoisotopic (exact) mass is 335 g/mol. The molecule has 1 aliphatic rings. The van der Waals surface area contributed by atoms with E-state index in [-0.39, 0.29) is 11.7 Å². The first-order chi connectivity index (χ1) is 10.9. The van der Waals surface area contributed by atoms with Crippen molar-refractivity contribution < 1.29 is 13.2 Å². The number of rotatable bonds is 4. The van der Waals surface area contributed by atoms with Gasteiger partial charge in [-0.2, -0.15) is 0 Å². The van der Waals surface area contributed by atoms with Gasteiger partial charge in [0, 0.05) is 56.3 Å². The van der Waals surface area contributed by atoms with E-state index in [1.165, 1.54) is 6.26 Å². The Labute approximate surface area is 136 Å². The van der Waals surface area contributed by atoms with Gasteiger partial charge in [-0.25, -0.2) is 8.42 Å². The highest BCUT2D eigenvalue weighted by Crippen LogP contribution is 2.16. The van der Waals surface area contributed by atoms with Crippen LogP contribution in [0.5, 0.6) is 0 Å². The fourth-order valence-electron chi connectivity index (χ4n) is 2.83. The van der Waals surface area contributed by atoms with Crippen molar-refractivity contribution in [2.75, 3.05) is 44.7 Å². The van der Waals surface area contributed by atoms with Crippen molar-refractivity contribution in [1.82, 2.24) is 14.8 Å². The Morgan fingerprint density at radius 2 is 1.91 bits per heavy atom. The number of hydrogen-bond acceptors (Lipinski definition) is 4. The first-order valence-electron chi connectivity index (χ1n) is 7.69. The van der Waals surface area contributed by atoms with E-state index in [1.807, 2.05) is 35.4 Å². The number of fused-ring (bicyclic) bond motifs is 1. The van der Waals surface area contributed by atoms with Gasteiger partial charge in [0.25, 0.3) is 5.91 Å². The van der Waals surface area contributed by atoms with Crippen molar-refractivity contribution in [3.8, 4) is 0 Å². The molecule has 1 fully saturated rings. The van der Waals surface area contributed by atoms with Gasteiger partial charge in [0.2, 0.25) is 0 Å². The molecule has 1 aromatic heterocycles. The molecule has 1 amide bonds. The molecule has 0 atom stereocenters. The molecule has 1 aromatic carbocycles. The Morgan fingerprint density at radius 1 is 1.17 bits per heavy atom. The molecule has 1 N–H and O–H groups in total. The van der Waals surface area contributed by atoms with Gasteiger partial charge in [-0.05, 0) is 23.6 Å². The Bertz CT molecular complexity index is 805. The van der Waals surface area contributed by atoms with Crippen molar-refractivity contribution in [2.24, 2.45) is 0 Å². The molecule has 0 bridgehead atoms. The van der Waals surface area contributed by atoms with Crippen LogP contribution in [-0.2, 0) is 9.84 Å². The number of benzene rings is 1. The lowest BCUT2D eigenvalue weighted by molar-refractivity contribution is 0.0644. The van der Waals surface area contributed by atoms with Crippen LogP contribution in [0, 0.1) is 0 Å². The molecule has 6 nitrogen and oxygen atoms in total. The first kappa shape index (κ1) is 16.0. The fourth-order valence-corrected chi connectivity index (χ4v) is 3.42. The van der Waals surface area contributed by atoms with E-state index >= 15 is 0 Å². The SMILES string of the molecule is CS(=O)(=O)CCN1CCN(C(=O)c2ccc3cc[nH]c3c2)CC1. The molecule has 7 heteroatoms.